The predicted octanol–water partition coefficient (Wildman–Crippen LogP) is 1.37. The molecule has 2 saturated heterocycles. The van der Waals surface area contributed by atoms with Gasteiger partial charge in [-0.1, -0.05) is 19.8 Å². The van der Waals surface area contributed by atoms with E-state index in [9.17, 15) is 4.79 Å². The van der Waals surface area contributed by atoms with Crippen LogP contribution in [0.5, 0.6) is 0 Å². The molecule has 2 rings (SSSR count). The quantitative estimate of drug-likeness (QED) is 0.811. The van der Waals surface area contributed by atoms with E-state index in [0.717, 1.165) is 32.6 Å². The van der Waals surface area contributed by atoms with E-state index in [0.29, 0.717) is 12.0 Å². The first kappa shape index (κ1) is 14.8. The van der Waals surface area contributed by atoms with Crippen molar-refractivity contribution in [3.8, 4) is 0 Å². The molecule has 2 heterocycles. The number of likely N-dealkylation sites (tertiary alicyclic amines) is 1. The second-order valence-corrected chi connectivity index (χ2v) is 6.21. The zero-order chi connectivity index (χ0) is 13.7. The minimum absolute atomic E-state index is 0.0279. The Morgan fingerprint density at radius 1 is 1.26 bits per heavy atom. The zero-order valence-corrected chi connectivity index (χ0v) is 12.5. The van der Waals surface area contributed by atoms with Gasteiger partial charge in [0.15, 0.2) is 0 Å². The lowest BCUT2D eigenvalue weighted by atomic mass is 9.95. The summed E-state index contributed by atoms with van der Waals surface area (Å²) in [5, 5.41) is 6.64. The lowest BCUT2D eigenvalue weighted by molar-refractivity contribution is -0.127. The van der Waals surface area contributed by atoms with E-state index >= 15 is 0 Å². The Labute approximate surface area is 117 Å². The Hall–Kier alpha value is -0.610. The third-order valence-electron chi connectivity index (χ3n) is 4.68. The van der Waals surface area contributed by atoms with Crippen LogP contribution >= 0.6 is 0 Å². The van der Waals surface area contributed by atoms with Gasteiger partial charge in [-0.25, -0.2) is 0 Å². The summed E-state index contributed by atoms with van der Waals surface area (Å²) in [4.78, 5) is 14.8. The molecule has 19 heavy (non-hydrogen) atoms. The van der Waals surface area contributed by atoms with E-state index in [-0.39, 0.29) is 11.9 Å². The number of nitrogens with one attached hydrogen (secondary N) is 2. The molecule has 0 spiro atoms. The number of carbonyl (C=O) groups is 1. The smallest absolute Gasteiger partial charge is 0.237 e. The van der Waals surface area contributed by atoms with Crippen molar-refractivity contribution in [2.75, 3.05) is 26.2 Å². The Morgan fingerprint density at radius 3 is 2.58 bits per heavy atom. The number of piperidine rings is 1. The maximum absolute atomic E-state index is 12.4. The van der Waals surface area contributed by atoms with Crippen molar-refractivity contribution >= 4 is 5.91 Å². The third-order valence-corrected chi connectivity index (χ3v) is 4.68. The van der Waals surface area contributed by atoms with Crippen LogP contribution in [0.1, 0.15) is 46.0 Å². The van der Waals surface area contributed by atoms with E-state index in [1.54, 1.807) is 0 Å². The summed E-state index contributed by atoms with van der Waals surface area (Å²) in [5.41, 5.74) is 0. The van der Waals surface area contributed by atoms with Crippen LogP contribution < -0.4 is 10.6 Å². The van der Waals surface area contributed by atoms with Crippen molar-refractivity contribution in [2.45, 2.75) is 58.0 Å². The van der Waals surface area contributed by atoms with Gasteiger partial charge in [0.2, 0.25) is 5.91 Å². The van der Waals surface area contributed by atoms with Gasteiger partial charge in [0.25, 0.3) is 0 Å². The molecular formula is C15H29N3O. The molecule has 3 unspecified atom stereocenters. The minimum atomic E-state index is 0.0279. The monoisotopic (exact) mass is 267 g/mol. The fraction of sp³-hybridized carbons (Fsp3) is 0.933. The summed E-state index contributed by atoms with van der Waals surface area (Å²) in [7, 11) is 0. The van der Waals surface area contributed by atoms with Crippen LogP contribution in [0, 0.1) is 5.92 Å². The molecule has 2 aliphatic rings. The average Bonchev–Trinajstić information content (AvgIpc) is 2.69. The standard InChI is InChI=1S/C15H29N3O/c1-12-11-16-8-7-14(12)17-15(19)13(2)18-9-5-3-4-6-10-18/h12-14,16H,3-11H2,1-2H3,(H,17,19). The molecule has 0 saturated carbocycles. The summed E-state index contributed by atoms with van der Waals surface area (Å²) in [6.45, 7) is 8.48. The summed E-state index contributed by atoms with van der Waals surface area (Å²) in [6.07, 6.45) is 6.16. The Bertz CT molecular complexity index is 287. The highest BCUT2D eigenvalue weighted by atomic mass is 16.2. The van der Waals surface area contributed by atoms with Crippen LogP contribution in [0.3, 0.4) is 0 Å². The van der Waals surface area contributed by atoms with Crippen LogP contribution in [0.4, 0.5) is 0 Å². The van der Waals surface area contributed by atoms with Crippen molar-refractivity contribution in [2.24, 2.45) is 5.92 Å². The molecule has 4 heteroatoms. The molecule has 110 valence electrons. The SMILES string of the molecule is CC1CNCCC1NC(=O)C(C)N1CCCCCC1. The van der Waals surface area contributed by atoms with Gasteiger partial charge in [-0.05, 0) is 58.3 Å². The van der Waals surface area contributed by atoms with Gasteiger partial charge in [0.1, 0.15) is 0 Å². The molecule has 0 aromatic heterocycles. The normalized spacial score (nSPS) is 31.5. The zero-order valence-electron chi connectivity index (χ0n) is 12.5. The molecule has 4 nitrogen and oxygen atoms in total. The highest BCUT2D eigenvalue weighted by molar-refractivity contribution is 5.81. The molecule has 0 aromatic carbocycles. The summed E-state index contributed by atoms with van der Waals surface area (Å²) in [5.74, 6) is 0.759. The predicted molar refractivity (Wildman–Crippen MR) is 78.1 cm³/mol. The lowest BCUT2D eigenvalue weighted by Gasteiger charge is -2.33. The number of amides is 1. The highest BCUT2D eigenvalue weighted by Gasteiger charge is 2.27. The van der Waals surface area contributed by atoms with Crippen LogP contribution in [0.25, 0.3) is 0 Å². The number of hydrogen-bond acceptors (Lipinski definition) is 3. The van der Waals surface area contributed by atoms with Gasteiger partial charge in [-0.15, -0.1) is 0 Å². The summed E-state index contributed by atoms with van der Waals surface area (Å²) in [6, 6.07) is 0.378. The van der Waals surface area contributed by atoms with Crippen molar-refractivity contribution in [1.82, 2.24) is 15.5 Å². The van der Waals surface area contributed by atoms with Gasteiger partial charge in [0, 0.05) is 6.04 Å². The molecular weight excluding hydrogens is 238 g/mol. The molecule has 0 bridgehead atoms. The first-order valence-electron chi connectivity index (χ1n) is 7.93. The van der Waals surface area contributed by atoms with E-state index in [4.69, 9.17) is 0 Å². The second kappa shape index (κ2) is 7.25. The van der Waals surface area contributed by atoms with E-state index in [2.05, 4.69) is 29.4 Å². The Balaban J connectivity index is 1.83. The van der Waals surface area contributed by atoms with E-state index in [1.165, 1.54) is 25.7 Å². The third kappa shape index (κ3) is 4.18. The molecule has 0 aromatic rings. The minimum Gasteiger partial charge on any atom is -0.352 e. The number of hydrogen-bond donors (Lipinski definition) is 2. The highest BCUT2D eigenvalue weighted by Crippen LogP contribution is 2.14. The summed E-state index contributed by atoms with van der Waals surface area (Å²) >= 11 is 0. The lowest BCUT2D eigenvalue weighted by Crippen LogP contribution is -2.53. The fourth-order valence-electron chi connectivity index (χ4n) is 3.18. The van der Waals surface area contributed by atoms with Crippen LogP contribution in [0.2, 0.25) is 0 Å². The first-order chi connectivity index (χ1) is 9.18. The van der Waals surface area contributed by atoms with Crippen LogP contribution in [-0.4, -0.2) is 49.1 Å². The molecule has 0 aliphatic carbocycles. The van der Waals surface area contributed by atoms with Crippen LogP contribution in [-0.2, 0) is 4.79 Å². The van der Waals surface area contributed by atoms with Gasteiger partial charge in [0.05, 0.1) is 6.04 Å². The molecule has 3 atom stereocenters. The van der Waals surface area contributed by atoms with Gasteiger partial charge in [-0.3, -0.25) is 9.69 Å². The van der Waals surface area contributed by atoms with Crippen molar-refractivity contribution in [3.05, 3.63) is 0 Å². The van der Waals surface area contributed by atoms with Crippen LogP contribution in [0.15, 0.2) is 0 Å². The molecule has 2 fully saturated rings. The maximum Gasteiger partial charge on any atom is 0.237 e. The largest absolute Gasteiger partial charge is 0.352 e. The molecule has 0 radical (unpaired) electrons. The molecule has 2 aliphatic heterocycles. The Morgan fingerprint density at radius 2 is 1.95 bits per heavy atom. The van der Waals surface area contributed by atoms with Crippen molar-refractivity contribution in [1.29, 1.82) is 0 Å². The number of rotatable bonds is 3. The van der Waals surface area contributed by atoms with Gasteiger partial charge < -0.3 is 10.6 Å². The fourth-order valence-corrected chi connectivity index (χ4v) is 3.18. The second-order valence-electron chi connectivity index (χ2n) is 6.21. The number of carbonyl (C=O) groups excluding carboxylic acids is 1. The van der Waals surface area contributed by atoms with Crippen molar-refractivity contribution < 1.29 is 4.79 Å². The topological polar surface area (TPSA) is 44.4 Å². The van der Waals surface area contributed by atoms with E-state index in [1.807, 2.05) is 0 Å². The number of nitrogens with zero attached hydrogens (tertiary/aromatic N) is 1. The van der Waals surface area contributed by atoms with E-state index < -0.39 is 0 Å². The summed E-state index contributed by atoms with van der Waals surface area (Å²) < 4.78 is 0. The first-order valence-corrected chi connectivity index (χ1v) is 7.93. The maximum atomic E-state index is 12.4. The van der Waals surface area contributed by atoms with Gasteiger partial charge in [-0.2, -0.15) is 0 Å². The average molecular weight is 267 g/mol. The van der Waals surface area contributed by atoms with Crippen molar-refractivity contribution in [3.63, 3.8) is 0 Å². The van der Waals surface area contributed by atoms with Gasteiger partial charge >= 0.3 is 0 Å². The molecule has 2 N–H and O–H groups in total. The Kier molecular flexibility index (Phi) is 5.64. The molecule has 1 amide bonds.